The molecule has 1 heterocycles. The van der Waals surface area contributed by atoms with Gasteiger partial charge < -0.3 is 4.74 Å². The van der Waals surface area contributed by atoms with E-state index in [1.165, 1.54) is 6.20 Å². The minimum absolute atomic E-state index is 0.0377. The van der Waals surface area contributed by atoms with Crippen molar-refractivity contribution in [2.75, 3.05) is 0 Å². The van der Waals surface area contributed by atoms with Crippen LogP contribution in [0, 0.1) is 0 Å². The Hall–Kier alpha value is -2.08. The molecule has 2 rings (SSSR count). The predicted octanol–water partition coefficient (Wildman–Crippen LogP) is 4.11. The topological polar surface area (TPSA) is 39.2 Å². The van der Waals surface area contributed by atoms with E-state index >= 15 is 0 Å². The zero-order chi connectivity index (χ0) is 15.5. The van der Waals surface area contributed by atoms with E-state index in [2.05, 4.69) is 4.98 Å². The second-order valence-electron chi connectivity index (χ2n) is 4.14. The lowest BCUT2D eigenvalue weighted by molar-refractivity contribution is -0.137. The zero-order valence-corrected chi connectivity index (χ0v) is 11.3. The molecule has 0 saturated carbocycles. The van der Waals surface area contributed by atoms with Crippen molar-refractivity contribution in [1.29, 1.82) is 0 Å². The van der Waals surface area contributed by atoms with Crippen LogP contribution in [0.2, 0.25) is 5.15 Å². The van der Waals surface area contributed by atoms with Gasteiger partial charge in [-0.05, 0) is 30.3 Å². The number of carbonyl (C=O) groups excluding carboxylic acids is 1. The Balaban J connectivity index is 1.99. The van der Waals surface area contributed by atoms with E-state index in [-0.39, 0.29) is 12.2 Å². The monoisotopic (exact) mass is 315 g/mol. The molecular weight excluding hydrogens is 307 g/mol. The Kier molecular flexibility index (Phi) is 4.47. The van der Waals surface area contributed by atoms with E-state index in [9.17, 15) is 18.0 Å². The normalized spacial score (nSPS) is 11.2. The summed E-state index contributed by atoms with van der Waals surface area (Å²) in [6.07, 6.45) is -2.99. The molecule has 0 aliphatic rings. The number of hydrogen-bond acceptors (Lipinski definition) is 3. The summed E-state index contributed by atoms with van der Waals surface area (Å²) in [5.74, 6) is -0.710. The number of halogens is 4. The lowest BCUT2D eigenvalue weighted by atomic mass is 10.1. The molecule has 1 aromatic carbocycles. The highest BCUT2D eigenvalue weighted by Crippen LogP contribution is 2.29. The van der Waals surface area contributed by atoms with Crippen molar-refractivity contribution < 1.29 is 22.7 Å². The van der Waals surface area contributed by atoms with E-state index in [1.807, 2.05) is 0 Å². The summed E-state index contributed by atoms with van der Waals surface area (Å²) in [7, 11) is 0. The Bertz CT molecular complexity index is 624. The lowest BCUT2D eigenvalue weighted by Crippen LogP contribution is -2.08. The van der Waals surface area contributed by atoms with E-state index in [0.717, 1.165) is 24.3 Å². The molecular formula is C14H9ClF3NO2. The van der Waals surface area contributed by atoms with Gasteiger partial charge in [-0.1, -0.05) is 17.7 Å². The lowest BCUT2D eigenvalue weighted by Gasteiger charge is -2.08. The van der Waals surface area contributed by atoms with Crippen molar-refractivity contribution in [3.05, 3.63) is 64.4 Å². The molecule has 1 aromatic heterocycles. The highest BCUT2D eigenvalue weighted by molar-refractivity contribution is 6.29. The van der Waals surface area contributed by atoms with Gasteiger partial charge in [0.2, 0.25) is 0 Å². The summed E-state index contributed by atoms with van der Waals surface area (Å²) in [5, 5.41) is 0.313. The van der Waals surface area contributed by atoms with Gasteiger partial charge in [0.25, 0.3) is 0 Å². The maximum atomic E-state index is 12.4. The fourth-order valence-corrected chi connectivity index (χ4v) is 1.63. The molecule has 3 nitrogen and oxygen atoms in total. The fraction of sp³-hybridized carbons (Fsp3) is 0.143. The molecule has 0 fully saturated rings. The van der Waals surface area contributed by atoms with Crippen molar-refractivity contribution in [3.63, 3.8) is 0 Å². The van der Waals surface area contributed by atoms with Crippen molar-refractivity contribution >= 4 is 17.6 Å². The number of ether oxygens (including phenoxy) is 1. The van der Waals surface area contributed by atoms with Gasteiger partial charge >= 0.3 is 12.1 Å². The molecule has 0 aliphatic heterocycles. The summed E-state index contributed by atoms with van der Waals surface area (Å²) in [4.78, 5) is 15.5. The van der Waals surface area contributed by atoms with Gasteiger partial charge in [-0.15, -0.1) is 0 Å². The second kappa shape index (κ2) is 6.13. The summed E-state index contributed by atoms with van der Waals surface area (Å²) in [6.45, 7) is -0.0377. The third-order valence-corrected chi connectivity index (χ3v) is 2.83. The van der Waals surface area contributed by atoms with Crippen molar-refractivity contribution in [1.82, 2.24) is 4.98 Å². The van der Waals surface area contributed by atoms with Gasteiger partial charge in [0.1, 0.15) is 11.8 Å². The molecule has 7 heteroatoms. The van der Waals surface area contributed by atoms with Gasteiger partial charge in [-0.3, -0.25) is 0 Å². The third-order valence-electron chi connectivity index (χ3n) is 2.61. The molecule has 2 aromatic rings. The minimum atomic E-state index is -4.43. The van der Waals surface area contributed by atoms with Gasteiger partial charge in [-0.2, -0.15) is 13.2 Å². The number of esters is 1. The van der Waals surface area contributed by atoms with E-state index in [4.69, 9.17) is 16.3 Å². The molecule has 0 radical (unpaired) electrons. The smallest absolute Gasteiger partial charge is 0.416 e. The summed E-state index contributed by atoms with van der Waals surface area (Å²) in [6, 6.07) is 7.00. The molecule has 0 amide bonds. The van der Waals surface area contributed by atoms with E-state index in [1.54, 1.807) is 12.1 Å². The number of aromatic nitrogens is 1. The average Bonchev–Trinajstić information content (AvgIpc) is 2.45. The van der Waals surface area contributed by atoms with Crippen LogP contribution in [0.15, 0.2) is 42.6 Å². The third kappa shape index (κ3) is 4.19. The number of pyridine rings is 1. The highest BCUT2D eigenvalue weighted by Gasteiger charge is 2.30. The van der Waals surface area contributed by atoms with Crippen LogP contribution < -0.4 is 0 Å². The minimum Gasteiger partial charge on any atom is -0.457 e. The Morgan fingerprint density at radius 1 is 1.14 bits per heavy atom. The van der Waals surface area contributed by atoms with Crippen LogP contribution in [0.1, 0.15) is 21.5 Å². The van der Waals surface area contributed by atoms with Crippen LogP contribution in [-0.4, -0.2) is 11.0 Å². The predicted molar refractivity (Wildman–Crippen MR) is 69.8 cm³/mol. The SMILES string of the molecule is O=C(OCc1ccc(Cl)nc1)c1ccc(C(F)(F)F)cc1. The largest absolute Gasteiger partial charge is 0.457 e. The summed E-state index contributed by atoms with van der Waals surface area (Å²) in [5.41, 5.74) is -0.148. The molecule has 110 valence electrons. The summed E-state index contributed by atoms with van der Waals surface area (Å²) >= 11 is 5.61. The van der Waals surface area contributed by atoms with E-state index < -0.39 is 17.7 Å². The van der Waals surface area contributed by atoms with Crippen LogP contribution in [0.5, 0.6) is 0 Å². The molecule has 21 heavy (non-hydrogen) atoms. The number of hydrogen-bond donors (Lipinski definition) is 0. The van der Waals surface area contributed by atoms with Gasteiger partial charge in [0, 0.05) is 11.8 Å². The molecule has 0 bridgehead atoms. The highest BCUT2D eigenvalue weighted by atomic mass is 35.5. The van der Waals surface area contributed by atoms with Crippen LogP contribution in [0.4, 0.5) is 13.2 Å². The number of benzene rings is 1. The maximum Gasteiger partial charge on any atom is 0.416 e. The molecule has 0 atom stereocenters. The molecule has 0 aliphatic carbocycles. The first-order valence-corrected chi connectivity index (χ1v) is 6.19. The first kappa shape index (κ1) is 15.3. The van der Waals surface area contributed by atoms with Gasteiger partial charge in [-0.25, -0.2) is 9.78 Å². The van der Waals surface area contributed by atoms with Crippen LogP contribution in [0.3, 0.4) is 0 Å². The fourth-order valence-electron chi connectivity index (χ4n) is 1.52. The van der Waals surface area contributed by atoms with Crippen molar-refractivity contribution in [2.45, 2.75) is 12.8 Å². The quantitative estimate of drug-likeness (QED) is 0.632. The van der Waals surface area contributed by atoms with Crippen molar-refractivity contribution in [2.24, 2.45) is 0 Å². The van der Waals surface area contributed by atoms with Gasteiger partial charge in [0.15, 0.2) is 0 Å². The van der Waals surface area contributed by atoms with Crippen LogP contribution in [0.25, 0.3) is 0 Å². The number of rotatable bonds is 3. The Morgan fingerprint density at radius 3 is 2.33 bits per heavy atom. The Morgan fingerprint density at radius 2 is 1.81 bits per heavy atom. The van der Waals surface area contributed by atoms with Crippen molar-refractivity contribution in [3.8, 4) is 0 Å². The molecule has 0 spiro atoms. The average molecular weight is 316 g/mol. The first-order valence-electron chi connectivity index (χ1n) is 5.81. The van der Waals surface area contributed by atoms with Gasteiger partial charge in [0.05, 0.1) is 11.1 Å². The molecule has 0 saturated heterocycles. The van der Waals surface area contributed by atoms with E-state index in [0.29, 0.717) is 10.7 Å². The number of nitrogens with zero attached hydrogens (tertiary/aromatic N) is 1. The Labute approximate surface area is 123 Å². The first-order chi connectivity index (χ1) is 9.86. The number of carbonyl (C=O) groups is 1. The second-order valence-corrected chi connectivity index (χ2v) is 4.53. The van der Waals surface area contributed by atoms with Crippen LogP contribution in [-0.2, 0) is 17.5 Å². The standard InChI is InChI=1S/C14H9ClF3NO2/c15-12-6-1-9(7-19-12)8-21-13(20)10-2-4-11(5-3-10)14(16,17)18/h1-7H,8H2. The summed E-state index contributed by atoms with van der Waals surface area (Å²) < 4.78 is 42.1. The molecule has 0 N–H and O–H groups in total. The van der Waals surface area contributed by atoms with Crippen LogP contribution >= 0.6 is 11.6 Å². The molecule has 0 unspecified atom stereocenters. The number of alkyl halides is 3. The maximum absolute atomic E-state index is 12.4. The zero-order valence-electron chi connectivity index (χ0n) is 10.5.